The van der Waals surface area contributed by atoms with Crippen LogP contribution in [0.3, 0.4) is 0 Å². The van der Waals surface area contributed by atoms with E-state index in [0.29, 0.717) is 16.4 Å². The number of anilines is 1. The molecule has 0 saturated carbocycles. The first-order chi connectivity index (χ1) is 12.7. The summed E-state index contributed by atoms with van der Waals surface area (Å²) in [4.78, 5) is 43.1. The van der Waals surface area contributed by atoms with E-state index in [0.717, 1.165) is 18.5 Å². The van der Waals surface area contributed by atoms with Crippen molar-refractivity contribution in [2.24, 2.45) is 5.41 Å². The number of aromatic amines is 1. The Balaban J connectivity index is 1.98. The number of hydrogen-bond donors (Lipinski definition) is 2. The number of thioether (sulfide) groups is 1. The van der Waals surface area contributed by atoms with Crippen LogP contribution in [-0.2, 0) is 11.2 Å². The van der Waals surface area contributed by atoms with Crippen LogP contribution in [0.1, 0.15) is 50.2 Å². The first-order valence-corrected chi connectivity index (χ1v) is 9.85. The second kappa shape index (κ2) is 8.99. The molecule has 1 amide bonds. The summed E-state index contributed by atoms with van der Waals surface area (Å²) in [5.74, 6) is 0.0167. The summed E-state index contributed by atoms with van der Waals surface area (Å²) < 4.78 is 0. The molecule has 0 unspecified atom stereocenters. The summed E-state index contributed by atoms with van der Waals surface area (Å²) >= 11 is 1.21. The number of amides is 1. The van der Waals surface area contributed by atoms with E-state index in [9.17, 15) is 14.4 Å². The maximum absolute atomic E-state index is 12.4. The third kappa shape index (κ3) is 6.36. The largest absolute Gasteiger partial charge is 0.326 e. The highest BCUT2D eigenvalue weighted by Crippen LogP contribution is 2.19. The second-order valence-electron chi connectivity index (χ2n) is 7.29. The Morgan fingerprint density at radius 1 is 1.19 bits per heavy atom. The maximum Gasteiger partial charge on any atom is 0.251 e. The van der Waals surface area contributed by atoms with Gasteiger partial charge >= 0.3 is 0 Å². The number of aromatic nitrogens is 2. The summed E-state index contributed by atoms with van der Waals surface area (Å²) in [6, 6.07) is 8.28. The molecule has 0 fully saturated rings. The van der Waals surface area contributed by atoms with Gasteiger partial charge in [-0.1, -0.05) is 45.9 Å². The molecule has 0 saturated heterocycles. The summed E-state index contributed by atoms with van der Waals surface area (Å²) in [6.07, 6.45) is 1.63. The number of Topliss-reactive ketones (excluding diaryl/α,β-unsaturated/α-hetero) is 1. The first-order valence-electron chi connectivity index (χ1n) is 8.87. The monoisotopic (exact) mass is 387 g/mol. The summed E-state index contributed by atoms with van der Waals surface area (Å²) in [6.45, 7) is 7.54. The Hall–Kier alpha value is -2.41. The van der Waals surface area contributed by atoms with Gasteiger partial charge in [0.05, 0.1) is 5.75 Å². The van der Waals surface area contributed by atoms with Crippen LogP contribution in [0, 0.1) is 5.41 Å². The van der Waals surface area contributed by atoms with E-state index in [2.05, 4.69) is 15.3 Å². The van der Waals surface area contributed by atoms with Gasteiger partial charge in [0.15, 0.2) is 10.9 Å². The minimum absolute atomic E-state index is 0.0720. The van der Waals surface area contributed by atoms with Crippen LogP contribution in [0.25, 0.3) is 0 Å². The Morgan fingerprint density at radius 3 is 2.44 bits per heavy atom. The molecular formula is C20H25N3O3S. The molecule has 2 N–H and O–H groups in total. The Labute approximate surface area is 163 Å². The molecule has 0 aliphatic rings. The van der Waals surface area contributed by atoms with Gasteiger partial charge in [0.25, 0.3) is 5.56 Å². The minimum atomic E-state index is -0.485. The lowest BCUT2D eigenvalue weighted by Crippen LogP contribution is -2.27. The van der Waals surface area contributed by atoms with Crippen LogP contribution in [0.4, 0.5) is 5.69 Å². The lowest BCUT2D eigenvalue weighted by atomic mass is 9.95. The third-order valence-corrected chi connectivity index (χ3v) is 4.64. The number of carbonyl (C=O) groups excluding carboxylic acids is 2. The summed E-state index contributed by atoms with van der Waals surface area (Å²) in [5, 5.41) is 3.28. The molecule has 1 aromatic carbocycles. The molecule has 0 radical (unpaired) electrons. The standard InChI is InChI=1S/C20H25N3O3S/c1-5-6-15-11-17(25)23-19(22-15)27-12-16(24)13-7-9-14(10-8-13)21-18(26)20(2,3)4/h7-11H,5-6,12H2,1-4H3,(H,21,26)(H,22,23,25). The van der Waals surface area contributed by atoms with Gasteiger partial charge < -0.3 is 10.3 Å². The van der Waals surface area contributed by atoms with Crippen LogP contribution < -0.4 is 10.9 Å². The van der Waals surface area contributed by atoms with Crippen molar-refractivity contribution >= 4 is 29.1 Å². The molecule has 2 aromatic rings. The zero-order valence-electron chi connectivity index (χ0n) is 16.1. The van der Waals surface area contributed by atoms with E-state index in [1.807, 2.05) is 27.7 Å². The smallest absolute Gasteiger partial charge is 0.251 e. The van der Waals surface area contributed by atoms with Crippen molar-refractivity contribution in [1.82, 2.24) is 9.97 Å². The van der Waals surface area contributed by atoms with Crippen molar-refractivity contribution in [3.8, 4) is 0 Å². The molecule has 1 aromatic heterocycles. The number of hydrogen-bond acceptors (Lipinski definition) is 5. The van der Waals surface area contributed by atoms with Gasteiger partial charge in [0.2, 0.25) is 5.91 Å². The van der Waals surface area contributed by atoms with E-state index in [4.69, 9.17) is 0 Å². The van der Waals surface area contributed by atoms with Gasteiger partial charge in [-0.25, -0.2) is 4.98 Å². The van der Waals surface area contributed by atoms with Crippen molar-refractivity contribution in [3.05, 3.63) is 51.9 Å². The molecule has 1 heterocycles. The van der Waals surface area contributed by atoms with Crippen LogP contribution in [0.5, 0.6) is 0 Å². The summed E-state index contributed by atoms with van der Waals surface area (Å²) in [5.41, 5.74) is 1.24. The SMILES string of the molecule is CCCc1cc(=O)[nH]c(SCC(=O)c2ccc(NC(=O)C(C)(C)C)cc2)n1. The number of nitrogens with zero attached hydrogens (tertiary/aromatic N) is 1. The number of aryl methyl sites for hydroxylation is 1. The highest BCUT2D eigenvalue weighted by atomic mass is 32.2. The lowest BCUT2D eigenvalue weighted by Gasteiger charge is -2.17. The molecule has 0 aliphatic heterocycles. The number of rotatable bonds is 7. The average Bonchev–Trinajstić information content (AvgIpc) is 2.59. The molecule has 6 nitrogen and oxygen atoms in total. The molecule has 0 bridgehead atoms. The number of H-pyrrole nitrogens is 1. The molecule has 0 spiro atoms. The Morgan fingerprint density at radius 2 is 1.85 bits per heavy atom. The highest BCUT2D eigenvalue weighted by molar-refractivity contribution is 7.99. The first kappa shape index (κ1) is 20.9. The molecular weight excluding hydrogens is 362 g/mol. The van der Waals surface area contributed by atoms with Gasteiger partial charge in [-0.15, -0.1) is 0 Å². The fourth-order valence-corrected chi connectivity index (χ4v) is 3.00. The minimum Gasteiger partial charge on any atom is -0.326 e. The van der Waals surface area contributed by atoms with Crippen molar-refractivity contribution in [2.45, 2.75) is 45.7 Å². The molecule has 144 valence electrons. The van der Waals surface area contributed by atoms with E-state index in [-0.39, 0.29) is 23.0 Å². The average molecular weight is 388 g/mol. The quantitative estimate of drug-likeness (QED) is 0.429. The Bertz CT molecular complexity index is 867. The van der Waals surface area contributed by atoms with Gasteiger partial charge in [-0.2, -0.15) is 0 Å². The molecule has 2 rings (SSSR count). The molecule has 7 heteroatoms. The normalized spacial score (nSPS) is 11.3. The van der Waals surface area contributed by atoms with E-state index >= 15 is 0 Å². The zero-order valence-corrected chi connectivity index (χ0v) is 16.9. The number of nitrogens with one attached hydrogen (secondary N) is 2. The van der Waals surface area contributed by atoms with Crippen LogP contribution >= 0.6 is 11.8 Å². The zero-order chi connectivity index (χ0) is 20.0. The Kier molecular flexibility index (Phi) is 6.96. The maximum atomic E-state index is 12.4. The molecule has 0 aliphatic carbocycles. The highest BCUT2D eigenvalue weighted by Gasteiger charge is 2.21. The molecule has 27 heavy (non-hydrogen) atoms. The second-order valence-corrected chi connectivity index (χ2v) is 8.25. The van der Waals surface area contributed by atoms with Gasteiger partial charge in [-0.3, -0.25) is 14.4 Å². The van der Waals surface area contributed by atoms with Crippen molar-refractivity contribution in [2.75, 3.05) is 11.1 Å². The van der Waals surface area contributed by atoms with Crippen LogP contribution in [-0.4, -0.2) is 27.4 Å². The van der Waals surface area contributed by atoms with Crippen molar-refractivity contribution < 1.29 is 9.59 Å². The fourth-order valence-electron chi connectivity index (χ4n) is 2.21. The predicted molar refractivity (Wildman–Crippen MR) is 108 cm³/mol. The number of carbonyl (C=O) groups is 2. The van der Waals surface area contributed by atoms with Gasteiger partial charge in [0, 0.05) is 28.4 Å². The predicted octanol–water partition coefficient (Wildman–Crippen LogP) is 3.68. The van der Waals surface area contributed by atoms with Gasteiger partial charge in [-0.05, 0) is 30.7 Å². The molecule has 0 atom stereocenters. The van der Waals surface area contributed by atoms with Crippen LogP contribution in [0.15, 0.2) is 40.3 Å². The number of ketones is 1. The fraction of sp³-hybridized carbons (Fsp3) is 0.400. The third-order valence-electron chi connectivity index (χ3n) is 3.77. The lowest BCUT2D eigenvalue weighted by molar-refractivity contribution is -0.123. The van der Waals surface area contributed by atoms with Gasteiger partial charge in [0.1, 0.15) is 0 Å². The van der Waals surface area contributed by atoms with E-state index in [1.54, 1.807) is 24.3 Å². The topological polar surface area (TPSA) is 91.9 Å². The van der Waals surface area contributed by atoms with Crippen molar-refractivity contribution in [3.63, 3.8) is 0 Å². The van der Waals surface area contributed by atoms with Crippen molar-refractivity contribution in [1.29, 1.82) is 0 Å². The van der Waals surface area contributed by atoms with E-state index in [1.165, 1.54) is 17.8 Å². The summed E-state index contributed by atoms with van der Waals surface area (Å²) in [7, 11) is 0. The van der Waals surface area contributed by atoms with Crippen LogP contribution in [0.2, 0.25) is 0 Å². The van der Waals surface area contributed by atoms with E-state index < -0.39 is 5.41 Å². The number of benzene rings is 1.